The van der Waals surface area contributed by atoms with Crippen LogP contribution in [0.4, 0.5) is 28.6 Å². The molecule has 6 atom stereocenters. The first kappa shape index (κ1) is 44.1. The summed E-state index contributed by atoms with van der Waals surface area (Å²) in [4.78, 5) is 86.5. The number of nitro groups is 2. The number of allylic oxidation sites excluding steroid dienone is 3. The number of imide groups is 2. The fourth-order valence-electron chi connectivity index (χ4n) is 10.6. The zero-order valence-electron chi connectivity index (χ0n) is 36.6. The summed E-state index contributed by atoms with van der Waals surface area (Å²) in [6.07, 6.45) is 5.35. The van der Waals surface area contributed by atoms with E-state index < -0.39 is 79.9 Å². The fraction of sp³-hybridized carbons (Fsp3) is 0.326. The van der Waals surface area contributed by atoms with E-state index in [9.17, 15) is 34.9 Å². The maximum Gasteiger partial charge on any atom is 0.301 e. The molecule has 18 nitrogen and oxygen atoms in total. The van der Waals surface area contributed by atoms with Crippen LogP contribution in [0.3, 0.4) is 0 Å². The van der Waals surface area contributed by atoms with Gasteiger partial charge in [0.05, 0.1) is 57.8 Å². The summed E-state index contributed by atoms with van der Waals surface area (Å²) in [6.45, 7) is 3.68. The number of halogens is 1. The molecule has 1 N–H and O–H groups in total. The van der Waals surface area contributed by atoms with Crippen LogP contribution >= 0.6 is 22.9 Å². The van der Waals surface area contributed by atoms with Gasteiger partial charge >= 0.3 is 11.4 Å². The second-order valence-electron chi connectivity index (χ2n) is 17.3. The number of anilines is 3. The van der Waals surface area contributed by atoms with Crippen molar-refractivity contribution in [2.75, 3.05) is 43.0 Å². The zero-order valence-corrected chi connectivity index (χ0v) is 38.2. The van der Waals surface area contributed by atoms with Crippen molar-refractivity contribution in [1.29, 1.82) is 0 Å². The average Bonchev–Trinajstić information content (AvgIpc) is 3.95. The second kappa shape index (κ2) is 15.8. The van der Waals surface area contributed by atoms with Gasteiger partial charge in [-0.15, -0.1) is 11.3 Å². The predicted octanol–water partition coefficient (Wildman–Crippen LogP) is 7.85. The van der Waals surface area contributed by atoms with Crippen molar-refractivity contribution in [2.24, 2.45) is 42.1 Å². The van der Waals surface area contributed by atoms with E-state index in [0.29, 0.717) is 21.9 Å². The summed E-state index contributed by atoms with van der Waals surface area (Å²) in [6, 6.07) is 12.4. The summed E-state index contributed by atoms with van der Waals surface area (Å²) in [5.74, 6) is -6.88. The number of ether oxygens (including phenoxy) is 2. The number of aryl methyl sites for hydroxylation is 2. The van der Waals surface area contributed by atoms with Crippen LogP contribution in [0.15, 0.2) is 66.3 Å². The van der Waals surface area contributed by atoms with E-state index in [1.54, 1.807) is 50.4 Å². The molecule has 4 heterocycles. The summed E-state index contributed by atoms with van der Waals surface area (Å²) >= 11 is 7.83. The molecule has 3 fully saturated rings. The number of aromatic nitrogens is 2. The number of methoxy groups -OCH3 is 2. The Morgan fingerprint density at radius 1 is 0.939 bits per heavy atom. The van der Waals surface area contributed by atoms with E-state index in [2.05, 4.69) is 0 Å². The number of phenolic OH excluding ortho intramolecular Hbond substituents is 1. The summed E-state index contributed by atoms with van der Waals surface area (Å²) in [5, 5.41) is 41.5. The normalized spacial score (nSPS) is 23.6. The molecule has 66 heavy (non-hydrogen) atoms. The van der Waals surface area contributed by atoms with Crippen molar-refractivity contribution in [2.45, 2.75) is 26.7 Å². The lowest BCUT2D eigenvalue weighted by atomic mass is 9.52. The maximum atomic E-state index is 15.3. The molecule has 2 saturated heterocycles. The van der Waals surface area contributed by atoms with E-state index in [-0.39, 0.29) is 47.3 Å². The average molecular weight is 936 g/mol. The number of aromatic hydroxyl groups is 1. The third kappa shape index (κ3) is 6.45. The number of nitrogens with zero attached hydrogens (tertiary/aromatic N) is 7. The van der Waals surface area contributed by atoms with E-state index >= 15 is 9.59 Å². The van der Waals surface area contributed by atoms with Crippen LogP contribution in [0.1, 0.15) is 30.9 Å². The number of rotatable bonds is 10. The van der Waals surface area contributed by atoms with E-state index in [0.717, 1.165) is 42.5 Å². The maximum absolute atomic E-state index is 15.3. The minimum atomic E-state index is -1.43. The number of hydrogen-bond donors (Lipinski definition) is 1. The largest absolute Gasteiger partial charge is 0.502 e. The summed E-state index contributed by atoms with van der Waals surface area (Å²) in [5.41, 5.74) is -0.759. The molecule has 5 aromatic rings. The second-order valence-corrected chi connectivity index (χ2v) is 18.8. The van der Waals surface area contributed by atoms with E-state index in [1.165, 1.54) is 49.2 Å². The first-order chi connectivity index (χ1) is 31.3. The molecule has 0 radical (unpaired) electrons. The highest BCUT2D eigenvalue weighted by Gasteiger charge is 2.67. The molecular formula is C46H42ClN7O11S. The van der Waals surface area contributed by atoms with Gasteiger partial charge < -0.3 is 19.5 Å². The Balaban J connectivity index is 1.15. The molecule has 9 rings (SSSR count). The number of hydrogen-bond acceptors (Lipinski definition) is 14. The van der Waals surface area contributed by atoms with Gasteiger partial charge in [0.15, 0.2) is 17.2 Å². The summed E-state index contributed by atoms with van der Waals surface area (Å²) in [7, 11) is 7.24. The third-order valence-corrected chi connectivity index (χ3v) is 15.2. The lowest BCUT2D eigenvalue weighted by Gasteiger charge is -2.47. The zero-order chi connectivity index (χ0) is 47.4. The molecule has 6 unspecified atom stereocenters. The molecule has 2 aromatic heterocycles. The molecule has 3 aromatic carbocycles. The lowest BCUT2D eigenvalue weighted by molar-refractivity contribution is -0.392. The molecule has 4 amide bonds. The minimum absolute atomic E-state index is 0.0105. The Morgan fingerprint density at radius 3 is 2.20 bits per heavy atom. The van der Waals surface area contributed by atoms with Gasteiger partial charge in [0.25, 0.3) is 0 Å². The predicted molar refractivity (Wildman–Crippen MR) is 246 cm³/mol. The Morgan fingerprint density at radius 2 is 1.59 bits per heavy atom. The van der Waals surface area contributed by atoms with Crippen LogP contribution in [0.25, 0.3) is 26.7 Å². The van der Waals surface area contributed by atoms with Crippen LogP contribution in [-0.2, 0) is 26.2 Å². The third-order valence-electron chi connectivity index (χ3n) is 13.7. The SMILES string of the molecule is COc1cc(C=CC2C3=CCC4C(=O)N(c5cc([N+](=O)[O-])c(N(C)C)c([N+](=O)[O-])c5)C(=O)C4C3CC3C(=O)N(c4cc(-c5sc6ccc(Cl)cc6c5C)nn4C)C(=O)C23C)cc(OC)c1O. The molecule has 2 aliphatic carbocycles. The fourth-order valence-corrected chi connectivity index (χ4v) is 11.9. The van der Waals surface area contributed by atoms with Crippen LogP contribution in [0.5, 0.6) is 17.2 Å². The quantitative estimate of drug-likeness (QED) is 0.0611. The molecule has 0 spiro atoms. The number of nitro benzene ring substituents is 2. The number of carbonyl (C=O) groups is 4. The Labute approximate surface area is 385 Å². The van der Waals surface area contributed by atoms with E-state index in [4.69, 9.17) is 26.2 Å². The number of amides is 4. The van der Waals surface area contributed by atoms with Crippen molar-refractivity contribution in [3.8, 4) is 27.8 Å². The first-order valence-electron chi connectivity index (χ1n) is 20.8. The highest BCUT2D eigenvalue weighted by atomic mass is 35.5. The lowest BCUT2D eigenvalue weighted by Crippen LogP contribution is -2.49. The number of thiophene rings is 1. The van der Waals surface area contributed by atoms with Gasteiger partial charge in [-0.1, -0.05) is 35.4 Å². The van der Waals surface area contributed by atoms with Gasteiger partial charge in [0.2, 0.25) is 29.4 Å². The molecular weight excluding hydrogens is 894 g/mol. The van der Waals surface area contributed by atoms with E-state index in [1.807, 2.05) is 25.1 Å². The molecule has 340 valence electrons. The van der Waals surface area contributed by atoms with Gasteiger partial charge in [-0.2, -0.15) is 5.10 Å². The van der Waals surface area contributed by atoms with Gasteiger partial charge in [-0.3, -0.25) is 44.1 Å². The van der Waals surface area contributed by atoms with Crippen LogP contribution in [-0.4, -0.2) is 76.7 Å². The standard InChI is InChI=1S/C46H42ClN7O11S/c1-21-27-16-23(47)9-13-36(27)66-41(21)31-20-37(50(5)48-31)52-43(57)30-19-28-25(29(46(30,2)45(52)59)12-8-22-14-34(64-6)40(55)35(15-22)65-7)10-11-26-38(28)44(58)51(42(26)56)24-17-32(53(60)61)39(49(3)4)33(18-24)54(62)63/h8-10,12-18,20,26,28-30,38,55H,11,19H2,1-7H3. The Kier molecular flexibility index (Phi) is 10.6. The smallest absolute Gasteiger partial charge is 0.301 e. The van der Waals surface area contributed by atoms with Crippen molar-refractivity contribution < 1.29 is 43.6 Å². The minimum Gasteiger partial charge on any atom is -0.502 e. The van der Waals surface area contributed by atoms with Gasteiger partial charge in [0.1, 0.15) is 11.5 Å². The van der Waals surface area contributed by atoms with Crippen molar-refractivity contribution >= 4 is 91.3 Å². The highest BCUT2D eigenvalue weighted by molar-refractivity contribution is 7.22. The molecule has 4 aliphatic rings. The number of carbonyl (C=O) groups excluding carboxylic acids is 4. The summed E-state index contributed by atoms with van der Waals surface area (Å²) < 4.78 is 13.3. The molecule has 1 saturated carbocycles. The Bertz CT molecular complexity index is 3010. The molecule has 2 aliphatic heterocycles. The number of benzene rings is 3. The highest BCUT2D eigenvalue weighted by Crippen LogP contribution is 2.61. The Hall–Kier alpha value is -7.12. The topological polar surface area (TPSA) is 221 Å². The molecule has 0 bridgehead atoms. The van der Waals surface area contributed by atoms with Crippen LogP contribution in [0, 0.1) is 62.2 Å². The number of fused-ring (bicyclic) bond motifs is 5. The van der Waals surface area contributed by atoms with Crippen molar-refractivity contribution in [3.63, 3.8) is 0 Å². The first-order valence-corrected chi connectivity index (χ1v) is 22.0. The van der Waals surface area contributed by atoms with Crippen molar-refractivity contribution in [1.82, 2.24) is 9.78 Å². The van der Waals surface area contributed by atoms with Gasteiger partial charge in [-0.05, 0) is 79.5 Å². The number of phenols is 1. The van der Waals surface area contributed by atoms with Gasteiger partial charge in [0, 0.05) is 55.0 Å². The van der Waals surface area contributed by atoms with Gasteiger partial charge in [-0.25, -0.2) is 9.80 Å². The van der Waals surface area contributed by atoms with Crippen LogP contribution in [0.2, 0.25) is 5.02 Å². The van der Waals surface area contributed by atoms with Crippen molar-refractivity contribution in [3.05, 3.63) is 103 Å². The monoisotopic (exact) mass is 935 g/mol. The molecule has 20 heteroatoms. The van der Waals surface area contributed by atoms with Crippen LogP contribution < -0.4 is 24.2 Å².